The van der Waals surface area contributed by atoms with E-state index in [0.717, 1.165) is 11.1 Å². The van der Waals surface area contributed by atoms with Crippen LogP contribution in [0.4, 0.5) is 5.95 Å². The molecule has 1 atom stereocenters. The number of aromatic nitrogens is 2. The molecule has 0 saturated carbocycles. The van der Waals surface area contributed by atoms with Crippen LogP contribution in [0.1, 0.15) is 17.0 Å². The molecule has 3 aromatic rings. The Labute approximate surface area is 161 Å². The van der Waals surface area contributed by atoms with Crippen molar-refractivity contribution in [1.29, 1.82) is 0 Å². The van der Waals surface area contributed by atoms with E-state index in [1.54, 1.807) is 26.4 Å². The highest BCUT2D eigenvalue weighted by atomic mass is 16.5. The average molecular weight is 385 g/mol. The lowest BCUT2D eigenvalue weighted by molar-refractivity contribution is 0.263. The third kappa shape index (κ3) is 3.72. The van der Waals surface area contributed by atoms with Gasteiger partial charge in [-0.15, -0.1) is 0 Å². The Hall–Kier alpha value is -3.26. The summed E-state index contributed by atoms with van der Waals surface area (Å²) in [6.45, 7) is -0.0903. The van der Waals surface area contributed by atoms with Gasteiger partial charge in [0.25, 0.3) is 5.56 Å². The van der Waals surface area contributed by atoms with Crippen LogP contribution < -0.4 is 25.5 Å². The van der Waals surface area contributed by atoms with Crippen LogP contribution in [0.15, 0.2) is 35.1 Å². The van der Waals surface area contributed by atoms with E-state index in [-0.39, 0.29) is 24.0 Å². The molecule has 148 valence electrons. The maximum Gasteiger partial charge on any atom is 0.260 e. The molecule has 4 N–H and O–H groups in total. The van der Waals surface area contributed by atoms with Gasteiger partial charge in [0.2, 0.25) is 11.7 Å². The van der Waals surface area contributed by atoms with Crippen LogP contribution in [0.25, 0.3) is 10.9 Å². The summed E-state index contributed by atoms with van der Waals surface area (Å²) in [6.07, 6.45) is 0.509. The first-order valence-corrected chi connectivity index (χ1v) is 8.69. The molecular weight excluding hydrogens is 362 g/mol. The highest BCUT2D eigenvalue weighted by Gasteiger charge is 2.19. The van der Waals surface area contributed by atoms with Crippen LogP contribution >= 0.6 is 0 Å². The minimum Gasteiger partial charge on any atom is -0.493 e. The number of fused-ring (bicyclic) bond motifs is 1. The van der Waals surface area contributed by atoms with E-state index in [1.807, 2.05) is 18.2 Å². The number of nitrogens with two attached hydrogens (primary N) is 1. The number of nitrogen functional groups attached to an aromatic ring is 1. The van der Waals surface area contributed by atoms with Crippen molar-refractivity contribution in [2.75, 3.05) is 33.7 Å². The lowest BCUT2D eigenvalue weighted by atomic mass is 9.91. The first-order chi connectivity index (χ1) is 13.5. The number of H-pyrrole nitrogens is 1. The van der Waals surface area contributed by atoms with Gasteiger partial charge in [0.15, 0.2) is 11.5 Å². The Morgan fingerprint density at radius 1 is 1.11 bits per heavy atom. The second-order valence-corrected chi connectivity index (χ2v) is 6.34. The Kier molecular flexibility index (Phi) is 5.70. The van der Waals surface area contributed by atoms with Gasteiger partial charge < -0.3 is 25.1 Å². The molecule has 1 unspecified atom stereocenters. The van der Waals surface area contributed by atoms with E-state index in [2.05, 4.69) is 9.97 Å². The number of ether oxygens (including phenoxy) is 3. The summed E-state index contributed by atoms with van der Waals surface area (Å²) in [7, 11) is 4.63. The minimum atomic E-state index is -0.294. The zero-order valence-corrected chi connectivity index (χ0v) is 16.0. The van der Waals surface area contributed by atoms with Gasteiger partial charge in [-0.2, -0.15) is 0 Å². The third-order valence-electron chi connectivity index (χ3n) is 4.65. The van der Waals surface area contributed by atoms with E-state index >= 15 is 0 Å². The average Bonchev–Trinajstić information content (AvgIpc) is 2.71. The summed E-state index contributed by atoms with van der Waals surface area (Å²) in [6, 6.07) is 9.02. The topological polar surface area (TPSA) is 120 Å². The monoisotopic (exact) mass is 385 g/mol. The van der Waals surface area contributed by atoms with Gasteiger partial charge >= 0.3 is 0 Å². The number of aromatic amines is 1. The summed E-state index contributed by atoms with van der Waals surface area (Å²) in [5.74, 6) is 1.38. The van der Waals surface area contributed by atoms with E-state index < -0.39 is 0 Å². The second kappa shape index (κ2) is 8.18. The molecule has 8 nitrogen and oxygen atoms in total. The summed E-state index contributed by atoms with van der Waals surface area (Å²) in [4.78, 5) is 18.8. The van der Waals surface area contributed by atoms with Gasteiger partial charge in [-0.3, -0.25) is 9.78 Å². The summed E-state index contributed by atoms with van der Waals surface area (Å²) >= 11 is 0. The lowest BCUT2D eigenvalue weighted by Gasteiger charge is -2.19. The Balaban J connectivity index is 1.99. The van der Waals surface area contributed by atoms with Crippen molar-refractivity contribution in [2.45, 2.75) is 12.3 Å². The molecule has 1 heterocycles. The number of nitrogens with zero attached hydrogens (tertiary/aromatic N) is 1. The molecule has 8 heteroatoms. The molecule has 2 aromatic carbocycles. The van der Waals surface area contributed by atoms with Crippen molar-refractivity contribution in [3.05, 3.63) is 51.8 Å². The molecule has 3 rings (SSSR count). The van der Waals surface area contributed by atoms with Gasteiger partial charge in [-0.05, 0) is 41.8 Å². The Morgan fingerprint density at radius 2 is 1.79 bits per heavy atom. The molecule has 0 aliphatic rings. The summed E-state index contributed by atoms with van der Waals surface area (Å²) < 4.78 is 16.1. The van der Waals surface area contributed by atoms with Crippen LogP contribution in [0.3, 0.4) is 0 Å². The fraction of sp³-hybridized carbons (Fsp3) is 0.300. The minimum absolute atomic E-state index is 0.0795. The number of nitrogens with one attached hydrogen (secondary N) is 1. The van der Waals surface area contributed by atoms with E-state index in [1.165, 1.54) is 7.11 Å². The van der Waals surface area contributed by atoms with Gasteiger partial charge in [-0.1, -0.05) is 6.07 Å². The molecule has 0 radical (unpaired) electrons. The Morgan fingerprint density at radius 3 is 2.36 bits per heavy atom. The van der Waals surface area contributed by atoms with Crippen molar-refractivity contribution in [1.82, 2.24) is 9.97 Å². The maximum atomic E-state index is 12.1. The zero-order chi connectivity index (χ0) is 20.3. The fourth-order valence-corrected chi connectivity index (χ4v) is 3.24. The maximum absolute atomic E-state index is 12.1. The standard InChI is InChI=1S/C20H23N3O5/c1-26-16-8-12(9-17(27-2)18(16)28-3)13(10-24)6-11-4-5-15-14(7-11)19(25)23-20(21)22-15/h4-5,7-9,13,24H,6,10H2,1-3H3,(H3,21,22,23,25). The number of rotatable bonds is 7. The first kappa shape index (κ1) is 19.5. The van der Waals surface area contributed by atoms with Crippen molar-refractivity contribution < 1.29 is 19.3 Å². The number of aliphatic hydroxyl groups is 1. The van der Waals surface area contributed by atoms with Gasteiger partial charge in [0.05, 0.1) is 38.8 Å². The molecule has 1 aromatic heterocycles. The fourth-order valence-electron chi connectivity index (χ4n) is 3.24. The smallest absolute Gasteiger partial charge is 0.260 e. The first-order valence-electron chi connectivity index (χ1n) is 8.69. The van der Waals surface area contributed by atoms with E-state index in [4.69, 9.17) is 19.9 Å². The molecule has 28 heavy (non-hydrogen) atoms. The predicted molar refractivity (Wildman–Crippen MR) is 106 cm³/mol. The molecule has 0 amide bonds. The van der Waals surface area contributed by atoms with Crippen LogP contribution in [-0.4, -0.2) is 43.0 Å². The normalized spacial score (nSPS) is 12.0. The van der Waals surface area contributed by atoms with Crippen molar-refractivity contribution >= 4 is 16.9 Å². The molecule has 0 fully saturated rings. The summed E-state index contributed by atoms with van der Waals surface area (Å²) in [5, 5.41) is 10.4. The molecule has 0 saturated heterocycles. The van der Waals surface area contributed by atoms with E-state index in [9.17, 15) is 9.90 Å². The SMILES string of the molecule is COc1cc(C(CO)Cc2ccc3nc(N)[nH]c(=O)c3c2)cc(OC)c1OC. The largest absolute Gasteiger partial charge is 0.493 e. The number of hydrogen-bond acceptors (Lipinski definition) is 7. The number of anilines is 1. The quantitative estimate of drug-likeness (QED) is 0.568. The number of hydrogen-bond donors (Lipinski definition) is 3. The molecular formula is C20H23N3O5. The Bertz CT molecular complexity index is 1020. The van der Waals surface area contributed by atoms with Crippen LogP contribution in [0.2, 0.25) is 0 Å². The third-order valence-corrected chi connectivity index (χ3v) is 4.65. The number of benzene rings is 2. The zero-order valence-electron chi connectivity index (χ0n) is 16.0. The van der Waals surface area contributed by atoms with Crippen LogP contribution in [-0.2, 0) is 6.42 Å². The van der Waals surface area contributed by atoms with Crippen molar-refractivity contribution in [3.63, 3.8) is 0 Å². The van der Waals surface area contributed by atoms with Crippen LogP contribution in [0.5, 0.6) is 17.2 Å². The predicted octanol–water partition coefficient (Wildman–Crippen LogP) is 1.85. The second-order valence-electron chi connectivity index (χ2n) is 6.34. The lowest BCUT2D eigenvalue weighted by Crippen LogP contribution is -2.12. The molecule has 0 spiro atoms. The highest BCUT2D eigenvalue weighted by Crippen LogP contribution is 2.40. The molecule has 0 aliphatic carbocycles. The van der Waals surface area contributed by atoms with Gasteiger partial charge in [-0.25, -0.2) is 4.98 Å². The van der Waals surface area contributed by atoms with Gasteiger partial charge in [0, 0.05) is 5.92 Å². The highest BCUT2D eigenvalue weighted by molar-refractivity contribution is 5.79. The number of methoxy groups -OCH3 is 3. The van der Waals surface area contributed by atoms with Crippen LogP contribution in [0, 0.1) is 0 Å². The molecule has 0 aliphatic heterocycles. The number of aliphatic hydroxyl groups excluding tert-OH is 1. The van der Waals surface area contributed by atoms with Crippen molar-refractivity contribution in [2.24, 2.45) is 0 Å². The van der Waals surface area contributed by atoms with Crippen molar-refractivity contribution in [3.8, 4) is 17.2 Å². The van der Waals surface area contributed by atoms with Gasteiger partial charge in [0.1, 0.15) is 0 Å². The molecule has 0 bridgehead atoms. The summed E-state index contributed by atoms with van der Waals surface area (Å²) in [5.41, 5.74) is 7.54. The van der Waals surface area contributed by atoms with E-state index in [0.29, 0.717) is 34.6 Å².